The van der Waals surface area contributed by atoms with Crippen LogP contribution in [-0.2, 0) is 16.0 Å². The van der Waals surface area contributed by atoms with Gasteiger partial charge in [0.2, 0.25) is 11.8 Å². The molecule has 0 saturated heterocycles. The summed E-state index contributed by atoms with van der Waals surface area (Å²) in [5.41, 5.74) is 12.1. The molecule has 1 unspecified atom stereocenters. The highest BCUT2D eigenvalue weighted by Gasteiger charge is 2.10. The molecule has 2 amide bonds. The zero-order valence-electron chi connectivity index (χ0n) is 11.9. The largest absolute Gasteiger partial charge is 0.369 e. The minimum atomic E-state index is -0.414. The normalized spacial score (nSPS) is 11.9. The van der Waals surface area contributed by atoms with Gasteiger partial charge in [0.1, 0.15) is 0 Å². The number of hydrogen-bond acceptors (Lipinski definition) is 3. The van der Waals surface area contributed by atoms with Crippen molar-refractivity contribution in [2.45, 2.75) is 32.6 Å². The number of carbonyl (C=O) groups is 2. The number of primary amides is 1. The monoisotopic (exact) mass is 277 g/mol. The molecule has 0 aliphatic heterocycles. The van der Waals surface area contributed by atoms with Gasteiger partial charge in [-0.25, -0.2) is 0 Å². The van der Waals surface area contributed by atoms with Gasteiger partial charge in [0.25, 0.3) is 0 Å². The van der Waals surface area contributed by atoms with Crippen molar-refractivity contribution in [2.75, 3.05) is 11.9 Å². The maximum Gasteiger partial charge on any atom is 0.224 e. The summed E-state index contributed by atoms with van der Waals surface area (Å²) in [5.74, 6) is -0.0272. The Morgan fingerprint density at radius 2 is 1.95 bits per heavy atom. The van der Waals surface area contributed by atoms with Crippen LogP contribution in [0.1, 0.15) is 31.7 Å². The number of hydrogen-bond donors (Lipinski definition) is 3. The van der Waals surface area contributed by atoms with E-state index in [1.54, 1.807) is 12.1 Å². The van der Waals surface area contributed by atoms with Gasteiger partial charge in [-0.1, -0.05) is 25.1 Å². The third-order valence-corrected chi connectivity index (χ3v) is 3.18. The summed E-state index contributed by atoms with van der Waals surface area (Å²) >= 11 is 0. The van der Waals surface area contributed by atoms with Crippen LogP contribution < -0.4 is 16.8 Å². The van der Waals surface area contributed by atoms with Gasteiger partial charge < -0.3 is 16.8 Å². The lowest BCUT2D eigenvalue weighted by molar-refractivity contribution is -0.118. The summed E-state index contributed by atoms with van der Waals surface area (Å²) in [5, 5.41) is 2.84. The molecule has 1 atom stereocenters. The molecule has 0 bridgehead atoms. The average molecular weight is 277 g/mol. The summed E-state index contributed by atoms with van der Waals surface area (Å²) in [6, 6.07) is 7.20. The maximum absolute atomic E-state index is 11.9. The zero-order valence-corrected chi connectivity index (χ0v) is 11.9. The van der Waals surface area contributed by atoms with Crippen molar-refractivity contribution in [1.82, 2.24) is 0 Å². The van der Waals surface area contributed by atoms with Crippen molar-refractivity contribution in [3.8, 4) is 0 Å². The lowest BCUT2D eigenvalue weighted by Gasteiger charge is -2.12. The van der Waals surface area contributed by atoms with Crippen LogP contribution in [0, 0.1) is 5.92 Å². The molecule has 0 spiro atoms. The van der Waals surface area contributed by atoms with Crippen molar-refractivity contribution in [3.63, 3.8) is 0 Å². The molecule has 1 aromatic rings. The van der Waals surface area contributed by atoms with E-state index in [1.807, 2.05) is 12.1 Å². The van der Waals surface area contributed by atoms with Crippen LogP contribution in [0.4, 0.5) is 5.69 Å². The molecule has 0 saturated carbocycles. The van der Waals surface area contributed by atoms with Crippen LogP contribution in [0.2, 0.25) is 0 Å². The summed E-state index contributed by atoms with van der Waals surface area (Å²) in [6.07, 6.45) is 2.30. The Morgan fingerprint density at radius 3 is 2.60 bits per heavy atom. The quantitative estimate of drug-likeness (QED) is 0.670. The first-order valence-corrected chi connectivity index (χ1v) is 6.89. The second-order valence-corrected chi connectivity index (χ2v) is 5.07. The minimum absolute atomic E-state index is 0.0502. The van der Waals surface area contributed by atoms with Crippen molar-refractivity contribution >= 4 is 17.5 Å². The van der Waals surface area contributed by atoms with Crippen molar-refractivity contribution in [3.05, 3.63) is 29.8 Å². The van der Waals surface area contributed by atoms with E-state index in [2.05, 4.69) is 12.2 Å². The number of nitrogens with one attached hydrogen (secondary N) is 1. The summed E-state index contributed by atoms with van der Waals surface area (Å²) in [6.45, 7) is 2.73. The van der Waals surface area contributed by atoms with E-state index in [-0.39, 0.29) is 12.3 Å². The van der Waals surface area contributed by atoms with E-state index < -0.39 is 5.91 Å². The van der Waals surface area contributed by atoms with Crippen LogP contribution in [0.15, 0.2) is 24.3 Å². The van der Waals surface area contributed by atoms with Gasteiger partial charge in [-0.15, -0.1) is 0 Å². The highest BCUT2D eigenvalue weighted by atomic mass is 16.2. The van der Waals surface area contributed by atoms with Gasteiger partial charge >= 0.3 is 0 Å². The SMILES string of the molecule is CC(CCN)CCC(=O)Nc1ccccc1CC(N)=O. The van der Waals surface area contributed by atoms with Crippen molar-refractivity contribution in [1.29, 1.82) is 0 Å². The Morgan fingerprint density at radius 1 is 1.25 bits per heavy atom. The van der Waals surface area contributed by atoms with Crippen LogP contribution in [0.5, 0.6) is 0 Å². The molecular formula is C15H23N3O2. The van der Waals surface area contributed by atoms with Crippen LogP contribution >= 0.6 is 0 Å². The topological polar surface area (TPSA) is 98.2 Å². The predicted molar refractivity (Wildman–Crippen MR) is 80.0 cm³/mol. The number of para-hydroxylation sites is 1. The number of anilines is 1. The molecule has 0 aliphatic rings. The second-order valence-electron chi connectivity index (χ2n) is 5.07. The molecule has 5 nitrogen and oxygen atoms in total. The highest BCUT2D eigenvalue weighted by Crippen LogP contribution is 2.17. The molecule has 5 N–H and O–H groups in total. The number of rotatable bonds is 8. The third kappa shape index (κ3) is 5.84. The van der Waals surface area contributed by atoms with E-state index >= 15 is 0 Å². The average Bonchev–Trinajstić information content (AvgIpc) is 2.38. The smallest absolute Gasteiger partial charge is 0.224 e. The van der Waals surface area contributed by atoms with Gasteiger partial charge in [-0.3, -0.25) is 9.59 Å². The molecule has 20 heavy (non-hydrogen) atoms. The molecule has 0 fully saturated rings. The molecule has 0 aliphatic carbocycles. The number of nitrogens with two attached hydrogens (primary N) is 2. The minimum Gasteiger partial charge on any atom is -0.369 e. The molecule has 0 radical (unpaired) electrons. The molecule has 1 aromatic carbocycles. The number of carbonyl (C=O) groups excluding carboxylic acids is 2. The molecule has 5 heteroatoms. The van der Waals surface area contributed by atoms with E-state index in [0.717, 1.165) is 18.4 Å². The Bertz CT molecular complexity index is 460. The Kier molecular flexibility index (Phi) is 6.73. The summed E-state index contributed by atoms with van der Waals surface area (Å²) in [4.78, 5) is 22.9. The molecular weight excluding hydrogens is 254 g/mol. The molecule has 1 rings (SSSR count). The zero-order chi connectivity index (χ0) is 15.0. The van der Waals surface area contributed by atoms with Crippen LogP contribution in [-0.4, -0.2) is 18.4 Å². The molecule has 0 heterocycles. The highest BCUT2D eigenvalue weighted by molar-refractivity contribution is 5.92. The summed E-state index contributed by atoms with van der Waals surface area (Å²) in [7, 11) is 0. The fraction of sp³-hybridized carbons (Fsp3) is 0.467. The standard InChI is InChI=1S/C15H23N3O2/c1-11(8-9-16)6-7-15(20)18-13-5-3-2-4-12(13)10-14(17)19/h2-5,11H,6-10,16H2,1H3,(H2,17,19)(H,18,20). The second kappa shape index (κ2) is 8.32. The first-order chi connectivity index (χ1) is 9.52. The van der Waals surface area contributed by atoms with Gasteiger partial charge in [0, 0.05) is 12.1 Å². The Labute approximate surface area is 119 Å². The third-order valence-electron chi connectivity index (χ3n) is 3.18. The van der Waals surface area contributed by atoms with E-state index in [1.165, 1.54) is 0 Å². The van der Waals surface area contributed by atoms with Crippen molar-refractivity contribution < 1.29 is 9.59 Å². The van der Waals surface area contributed by atoms with Gasteiger partial charge in [-0.2, -0.15) is 0 Å². The maximum atomic E-state index is 11.9. The summed E-state index contributed by atoms with van der Waals surface area (Å²) < 4.78 is 0. The van der Waals surface area contributed by atoms with Crippen LogP contribution in [0.25, 0.3) is 0 Å². The van der Waals surface area contributed by atoms with E-state index in [9.17, 15) is 9.59 Å². The Hall–Kier alpha value is -1.88. The van der Waals surface area contributed by atoms with E-state index in [4.69, 9.17) is 11.5 Å². The van der Waals surface area contributed by atoms with Crippen LogP contribution in [0.3, 0.4) is 0 Å². The predicted octanol–water partition coefficient (Wildman–Crippen LogP) is 1.42. The first-order valence-electron chi connectivity index (χ1n) is 6.89. The Balaban J connectivity index is 2.55. The fourth-order valence-electron chi connectivity index (χ4n) is 2.00. The number of benzene rings is 1. The van der Waals surface area contributed by atoms with Gasteiger partial charge in [0.05, 0.1) is 6.42 Å². The van der Waals surface area contributed by atoms with E-state index in [0.29, 0.717) is 24.6 Å². The lowest BCUT2D eigenvalue weighted by Crippen LogP contribution is -2.18. The van der Waals surface area contributed by atoms with Gasteiger partial charge in [-0.05, 0) is 36.9 Å². The first kappa shape index (κ1) is 16.2. The van der Waals surface area contributed by atoms with Crippen molar-refractivity contribution in [2.24, 2.45) is 17.4 Å². The lowest BCUT2D eigenvalue weighted by atomic mass is 10.0. The molecule has 110 valence electrons. The number of amides is 2. The van der Waals surface area contributed by atoms with Gasteiger partial charge in [0.15, 0.2) is 0 Å². The fourth-order valence-corrected chi connectivity index (χ4v) is 2.00. The molecule has 0 aromatic heterocycles.